The van der Waals surface area contributed by atoms with E-state index in [2.05, 4.69) is 26.0 Å². The lowest BCUT2D eigenvalue weighted by Gasteiger charge is -2.11. The Morgan fingerprint density at radius 2 is 1.88 bits per heavy atom. The second-order valence-electron chi connectivity index (χ2n) is 5.10. The molecule has 2 rings (SSSR count). The van der Waals surface area contributed by atoms with Gasteiger partial charge in [-0.25, -0.2) is 4.79 Å². The second kappa shape index (κ2) is 7.69. The predicted molar refractivity (Wildman–Crippen MR) is 89.3 cm³/mol. The first-order chi connectivity index (χ1) is 11.7. The molecular weight excluding hydrogens is 403 g/mol. The number of amides is 1. The third kappa shape index (κ3) is 5.06. The van der Waals surface area contributed by atoms with Crippen LogP contribution in [0.25, 0.3) is 0 Å². The van der Waals surface area contributed by atoms with Gasteiger partial charge >= 0.3 is 12.1 Å². The van der Waals surface area contributed by atoms with Crippen LogP contribution in [0.1, 0.15) is 21.5 Å². The van der Waals surface area contributed by atoms with Crippen LogP contribution >= 0.6 is 15.9 Å². The van der Waals surface area contributed by atoms with Gasteiger partial charge in [-0.3, -0.25) is 4.79 Å². The highest BCUT2D eigenvalue weighted by Gasteiger charge is 2.30. The lowest BCUT2D eigenvalue weighted by molar-refractivity contribution is -0.137. The molecule has 132 valence electrons. The van der Waals surface area contributed by atoms with Crippen molar-refractivity contribution in [2.24, 2.45) is 0 Å². The molecule has 2 aromatic carbocycles. The number of carbonyl (C=O) groups is 2. The highest BCUT2D eigenvalue weighted by atomic mass is 79.9. The summed E-state index contributed by atoms with van der Waals surface area (Å²) in [5.74, 6) is -1.19. The second-order valence-corrected chi connectivity index (χ2v) is 6.02. The Morgan fingerprint density at radius 3 is 2.52 bits per heavy atom. The molecule has 0 aliphatic heterocycles. The van der Waals surface area contributed by atoms with E-state index in [-0.39, 0.29) is 23.2 Å². The molecule has 1 amide bonds. The van der Waals surface area contributed by atoms with E-state index in [9.17, 15) is 22.8 Å². The lowest BCUT2D eigenvalue weighted by Crippen LogP contribution is -2.17. The van der Waals surface area contributed by atoms with Gasteiger partial charge in [0.05, 0.1) is 30.3 Å². The van der Waals surface area contributed by atoms with E-state index in [1.807, 2.05) is 0 Å². The first-order valence-corrected chi connectivity index (χ1v) is 7.84. The van der Waals surface area contributed by atoms with Crippen molar-refractivity contribution in [2.45, 2.75) is 12.6 Å². The first kappa shape index (κ1) is 19.0. The predicted octanol–water partition coefficient (Wildman–Crippen LogP) is 4.44. The molecule has 0 aromatic heterocycles. The van der Waals surface area contributed by atoms with E-state index in [1.165, 1.54) is 31.4 Å². The van der Waals surface area contributed by atoms with Crippen LogP contribution in [0, 0.1) is 0 Å². The lowest BCUT2D eigenvalue weighted by atomic mass is 10.1. The molecule has 8 heteroatoms. The highest BCUT2D eigenvalue weighted by molar-refractivity contribution is 9.10. The van der Waals surface area contributed by atoms with Crippen molar-refractivity contribution >= 4 is 33.5 Å². The van der Waals surface area contributed by atoms with Gasteiger partial charge in [-0.05, 0) is 29.8 Å². The number of carbonyl (C=O) groups excluding carboxylic acids is 2. The average molecular weight is 416 g/mol. The van der Waals surface area contributed by atoms with E-state index in [1.54, 1.807) is 6.07 Å². The zero-order valence-electron chi connectivity index (χ0n) is 13.0. The van der Waals surface area contributed by atoms with Gasteiger partial charge in [0.2, 0.25) is 5.91 Å². The van der Waals surface area contributed by atoms with Crippen molar-refractivity contribution < 1.29 is 27.5 Å². The number of nitrogens with one attached hydrogen (secondary N) is 1. The number of halogens is 4. The summed E-state index contributed by atoms with van der Waals surface area (Å²) in [7, 11) is 1.21. The summed E-state index contributed by atoms with van der Waals surface area (Å²) in [6.07, 6.45) is -4.74. The number of hydrogen-bond acceptors (Lipinski definition) is 3. The van der Waals surface area contributed by atoms with Crippen LogP contribution < -0.4 is 5.32 Å². The van der Waals surface area contributed by atoms with Crippen molar-refractivity contribution in [1.29, 1.82) is 0 Å². The number of benzene rings is 2. The fourth-order valence-corrected chi connectivity index (χ4v) is 2.50. The van der Waals surface area contributed by atoms with Crippen molar-refractivity contribution in [1.82, 2.24) is 0 Å². The maximum absolute atomic E-state index is 12.7. The van der Waals surface area contributed by atoms with Gasteiger partial charge in [-0.2, -0.15) is 13.2 Å². The van der Waals surface area contributed by atoms with Gasteiger partial charge in [-0.15, -0.1) is 0 Å². The number of alkyl halides is 3. The van der Waals surface area contributed by atoms with E-state index >= 15 is 0 Å². The van der Waals surface area contributed by atoms with Crippen LogP contribution in [0.5, 0.6) is 0 Å². The fourth-order valence-electron chi connectivity index (χ4n) is 2.14. The first-order valence-electron chi connectivity index (χ1n) is 7.04. The number of ether oxygens (including phenoxy) is 1. The van der Waals surface area contributed by atoms with Crippen LogP contribution in [-0.4, -0.2) is 19.0 Å². The minimum Gasteiger partial charge on any atom is -0.465 e. The number of methoxy groups -OCH3 is 1. The summed E-state index contributed by atoms with van der Waals surface area (Å²) in [6.45, 7) is 0. The largest absolute Gasteiger partial charge is 0.465 e. The maximum Gasteiger partial charge on any atom is 0.416 e. The number of anilines is 1. The smallest absolute Gasteiger partial charge is 0.416 e. The molecule has 0 spiro atoms. The molecule has 0 aliphatic carbocycles. The summed E-state index contributed by atoms with van der Waals surface area (Å²) < 4.78 is 43.4. The molecule has 25 heavy (non-hydrogen) atoms. The molecule has 0 saturated carbocycles. The van der Waals surface area contributed by atoms with Gasteiger partial charge in [0.25, 0.3) is 0 Å². The fraction of sp³-hybridized carbons (Fsp3) is 0.176. The molecule has 0 bridgehead atoms. The number of esters is 1. The molecule has 0 fully saturated rings. The third-order valence-corrected chi connectivity index (χ3v) is 3.77. The van der Waals surface area contributed by atoms with Crippen molar-refractivity contribution in [3.05, 3.63) is 63.6 Å². The molecular formula is C17H13BrF3NO3. The minimum absolute atomic E-state index is 0.134. The average Bonchev–Trinajstić information content (AvgIpc) is 2.55. The van der Waals surface area contributed by atoms with Gasteiger partial charge in [0.15, 0.2) is 0 Å². The Labute approximate surface area is 150 Å². The normalized spacial score (nSPS) is 11.1. The molecule has 0 atom stereocenters. The molecule has 0 aliphatic rings. The SMILES string of the molecule is COC(=O)c1cc(Br)ccc1NC(=O)Cc1cccc(C(F)(F)F)c1. The molecule has 2 aromatic rings. The summed E-state index contributed by atoms with van der Waals surface area (Å²) >= 11 is 3.21. The highest BCUT2D eigenvalue weighted by Crippen LogP contribution is 2.29. The molecule has 1 N–H and O–H groups in total. The standard InChI is InChI=1S/C17H13BrF3NO3/c1-25-16(24)13-9-12(18)5-6-14(13)22-15(23)8-10-3-2-4-11(7-10)17(19,20)21/h2-7,9H,8H2,1H3,(H,22,23). The van der Waals surface area contributed by atoms with Gasteiger partial charge in [0, 0.05) is 4.47 Å². The summed E-state index contributed by atoms with van der Waals surface area (Å²) in [4.78, 5) is 23.9. The van der Waals surface area contributed by atoms with E-state index in [0.29, 0.717) is 4.47 Å². The van der Waals surface area contributed by atoms with Crippen LogP contribution in [-0.2, 0) is 22.1 Å². The quantitative estimate of drug-likeness (QED) is 0.751. The van der Waals surface area contributed by atoms with Gasteiger partial charge in [0.1, 0.15) is 0 Å². The van der Waals surface area contributed by atoms with E-state index in [0.717, 1.165) is 12.1 Å². The third-order valence-electron chi connectivity index (χ3n) is 3.28. The Hall–Kier alpha value is -2.35. The van der Waals surface area contributed by atoms with Crippen LogP contribution in [0.15, 0.2) is 46.9 Å². The molecule has 4 nitrogen and oxygen atoms in total. The molecule has 0 saturated heterocycles. The Kier molecular flexibility index (Phi) is 5.84. The Morgan fingerprint density at radius 1 is 1.16 bits per heavy atom. The topological polar surface area (TPSA) is 55.4 Å². The van der Waals surface area contributed by atoms with E-state index in [4.69, 9.17) is 0 Å². The summed E-state index contributed by atoms with van der Waals surface area (Å²) in [5, 5.41) is 2.52. The summed E-state index contributed by atoms with van der Waals surface area (Å²) in [5.41, 5.74) is -0.262. The molecule has 0 heterocycles. The van der Waals surface area contributed by atoms with E-state index < -0.39 is 23.6 Å². The zero-order chi connectivity index (χ0) is 18.6. The van der Waals surface area contributed by atoms with Crippen LogP contribution in [0.2, 0.25) is 0 Å². The van der Waals surface area contributed by atoms with Crippen molar-refractivity contribution in [2.75, 3.05) is 12.4 Å². The zero-order valence-corrected chi connectivity index (χ0v) is 14.6. The molecule has 0 unspecified atom stereocenters. The van der Waals surface area contributed by atoms with Crippen LogP contribution in [0.3, 0.4) is 0 Å². The summed E-state index contributed by atoms with van der Waals surface area (Å²) in [6, 6.07) is 9.12. The number of rotatable bonds is 4. The number of hydrogen-bond donors (Lipinski definition) is 1. The van der Waals surface area contributed by atoms with Crippen molar-refractivity contribution in [3.8, 4) is 0 Å². The Bertz CT molecular complexity index is 806. The van der Waals surface area contributed by atoms with Gasteiger partial charge in [-0.1, -0.05) is 34.1 Å². The molecule has 0 radical (unpaired) electrons. The maximum atomic E-state index is 12.7. The van der Waals surface area contributed by atoms with Gasteiger partial charge < -0.3 is 10.1 Å². The Balaban J connectivity index is 2.17. The monoisotopic (exact) mass is 415 g/mol. The van der Waals surface area contributed by atoms with Crippen molar-refractivity contribution in [3.63, 3.8) is 0 Å². The minimum atomic E-state index is -4.48. The van der Waals surface area contributed by atoms with Crippen LogP contribution in [0.4, 0.5) is 18.9 Å².